The van der Waals surface area contributed by atoms with Crippen molar-refractivity contribution in [2.75, 3.05) is 0 Å². The first kappa shape index (κ1) is 24.8. The monoisotopic (exact) mass is 406 g/mol. The van der Waals surface area contributed by atoms with Crippen molar-refractivity contribution in [3.05, 3.63) is 113 Å². The van der Waals surface area contributed by atoms with E-state index in [1.807, 2.05) is 52.0 Å². The number of aryl methyl sites for hydroxylation is 1. The molecule has 158 valence electrons. The minimum atomic E-state index is -1.08. The molecule has 2 nitrogen and oxygen atoms in total. The molecule has 1 rings (SSSR count). The quantitative estimate of drug-likeness (QED) is 0.337. The van der Waals surface area contributed by atoms with Gasteiger partial charge in [0.2, 0.25) is 0 Å². The third-order valence-corrected chi connectivity index (χ3v) is 4.77. The van der Waals surface area contributed by atoms with Crippen molar-refractivity contribution in [3.63, 3.8) is 0 Å². The Balaban J connectivity index is 3.80. The molecule has 1 N–H and O–H groups in total. The van der Waals surface area contributed by atoms with E-state index >= 15 is 0 Å². The Kier molecular flexibility index (Phi) is 9.19. The van der Waals surface area contributed by atoms with Crippen LogP contribution >= 0.6 is 0 Å². The predicted molar refractivity (Wildman–Crippen MR) is 126 cm³/mol. The average molecular weight is 407 g/mol. The van der Waals surface area contributed by atoms with Crippen LogP contribution in [0.2, 0.25) is 0 Å². The number of hydrogen-bond donors (Lipinski definition) is 1. The van der Waals surface area contributed by atoms with Gasteiger partial charge in [-0.15, -0.1) is 0 Å². The molecule has 0 spiro atoms. The Hall–Kier alpha value is -3.20. The van der Waals surface area contributed by atoms with Crippen LogP contribution in [0.25, 0.3) is 5.57 Å². The topological polar surface area (TPSA) is 37.3 Å². The molecule has 1 aromatic carbocycles. The molecular weight excluding hydrogens is 375 g/mol. The number of hydrogen-bond acceptors (Lipinski definition) is 1. The van der Waals surface area contributed by atoms with Crippen LogP contribution in [0.5, 0.6) is 0 Å². The summed E-state index contributed by atoms with van der Waals surface area (Å²) in [5.74, 6) is -1.71. The number of aliphatic carboxylic acids is 1. The van der Waals surface area contributed by atoms with E-state index in [9.17, 15) is 14.3 Å². The third kappa shape index (κ3) is 6.70. The zero-order valence-corrected chi connectivity index (χ0v) is 18.6. The maximum Gasteiger partial charge on any atom is 0.336 e. The minimum Gasteiger partial charge on any atom is -0.478 e. The second-order valence-corrected chi connectivity index (χ2v) is 7.41. The lowest BCUT2D eigenvalue weighted by molar-refractivity contribution is -0.132. The molecule has 0 atom stereocenters. The molecule has 30 heavy (non-hydrogen) atoms. The Bertz CT molecular complexity index is 993. The maximum absolute atomic E-state index is 13.0. The van der Waals surface area contributed by atoms with Crippen molar-refractivity contribution >= 4 is 11.5 Å². The highest BCUT2D eigenvalue weighted by molar-refractivity contribution is 5.97. The third-order valence-electron chi connectivity index (χ3n) is 4.77. The van der Waals surface area contributed by atoms with Crippen molar-refractivity contribution in [2.24, 2.45) is 0 Å². The van der Waals surface area contributed by atoms with Crippen LogP contribution in [-0.2, 0) is 4.79 Å². The molecule has 0 bridgehead atoms. The number of rotatable bonds is 9. The van der Waals surface area contributed by atoms with Gasteiger partial charge in [-0.2, -0.15) is 0 Å². The van der Waals surface area contributed by atoms with Gasteiger partial charge in [0.15, 0.2) is 0 Å². The van der Waals surface area contributed by atoms with Gasteiger partial charge in [0, 0.05) is 0 Å². The predicted octanol–water partition coefficient (Wildman–Crippen LogP) is 7.68. The molecule has 0 fully saturated rings. The van der Waals surface area contributed by atoms with E-state index in [1.54, 1.807) is 6.92 Å². The minimum absolute atomic E-state index is 0.104. The average Bonchev–Trinajstić information content (AvgIpc) is 2.67. The summed E-state index contributed by atoms with van der Waals surface area (Å²) < 4.78 is 13.0. The van der Waals surface area contributed by atoms with Crippen LogP contribution in [-0.4, -0.2) is 11.1 Å². The molecule has 0 aromatic heterocycles. The van der Waals surface area contributed by atoms with Gasteiger partial charge in [0.1, 0.15) is 5.83 Å². The number of carboxylic acid groups (broad SMARTS) is 1. The molecule has 0 radical (unpaired) electrons. The molecule has 0 aliphatic carbocycles. The fourth-order valence-electron chi connectivity index (χ4n) is 2.97. The van der Waals surface area contributed by atoms with Crippen LogP contribution in [0, 0.1) is 6.92 Å². The van der Waals surface area contributed by atoms with Crippen LogP contribution in [0.3, 0.4) is 0 Å². The van der Waals surface area contributed by atoms with Crippen LogP contribution in [0.4, 0.5) is 4.39 Å². The smallest absolute Gasteiger partial charge is 0.336 e. The Morgan fingerprint density at radius 2 is 1.77 bits per heavy atom. The largest absolute Gasteiger partial charge is 0.478 e. The maximum atomic E-state index is 13.0. The fourth-order valence-corrected chi connectivity index (χ4v) is 2.97. The van der Waals surface area contributed by atoms with E-state index in [2.05, 4.69) is 25.8 Å². The Morgan fingerprint density at radius 1 is 1.13 bits per heavy atom. The summed E-state index contributed by atoms with van der Waals surface area (Å²) in [4.78, 5) is 12.3. The van der Waals surface area contributed by atoms with Gasteiger partial charge in [-0.25, -0.2) is 9.18 Å². The molecular formula is C27H31FO2. The molecule has 0 aliphatic heterocycles. The summed E-state index contributed by atoms with van der Waals surface area (Å²) in [6.45, 7) is 20.8. The summed E-state index contributed by atoms with van der Waals surface area (Å²) in [6.07, 6.45) is 5.06. The highest BCUT2D eigenvalue weighted by Gasteiger charge is 2.20. The SMILES string of the molecule is C=C(F)C=CC(=C)C(C)=C(C(=O)O)C(=CC(=C(C)C)c1cccc(C)c1)C(=C)CC. The molecule has 0 saturated heterocycles. The fraction of sp³-hybridized carbons (Fsp3) is 0.222. The van der Waals surface area contributed by atoms with Gasteiger partial charge in [0.25, 0.3) is 0 Å². The second kappa shape index (κ2) is 11.1. The van der Waals surface area contributed by atoms with E-state index in [0.717, 1.165) is 28.3 Å². The lowest BCUT2D eigenvalue weighted by Gasteiger charge is -2.17. The van der Waals surface area contributed by atoms with Crippen LogP contribution in [0.15, 0.2) is 101 Å². The van der Waals surface area contributed by atoms with Crippen molar-refractivity contribution in [3.8, 4) is 0 Å². The molecule has 0 amide bonds. The summed E-state index contributed by atoms with van der Waals surface area (Å²) in [5, 5.41) is 10.0. The number of halogens is 1. The standard InChI is InChI=1S/C27H31FO2/c1-9-19(5)25(16-24(17(2)3)23-12-10-11-18(4)15-23)26(27(29)30)22(8)20(6)13-14-21(7)28/h10-16H,5-7,9H2,1-4,8H3,(H,29,30). The number of carbonyl (C=O) groups is 1. The Labute approximate surface area is 179 Å². The summed E-state index contributed by atoms with van der Waals surface area (Å²) in [7, 11) is 0. The van der Waals surface area contributed by atoms with E-state index in [0.29, 0.717) is 28.7 Å². The Morgan fingerprint density at radius 3 is 2.23 bits per heavy atom. The normalized spacial score (nSPS) is 12.4. The van der Waals surface area contributed by atoms with Crippen LogP contribution in [0.1, 0.15) is 45.2 Å². The first-order valence-corrected chi connectivity index (χ1v) is 9.80. The summed E-state index contributed by atoms with van der Waals surface area (Å²) in [5.41, 5.74) is 6.29. The summed E-state index contributed by atoms with van der Waals surface area (Å²) >= 11 is 0. The van der Waals surface area contributed by atoms with E-state index in [-0.39, 0.29) is 5.57 Å². The molecule has 0 aliphatic rings. The molecule has 3 heteroatoms. The molecule has 0 saturated carbocycles. The lowest BCUT2D eigenvalue weighted by atomic mass is 9.87. The second-order valence-electron chi connectivity index (χ2n) is 7.41. The van der Waals surface area contributed by atoms with Crippen molar-refractivity contribution in [1.82, 2.24) is 0 Å². The first-order valence-electron chi connectivity index (χ1n) is 9.80. The van der Waals surface area contributed by atoms with Crippen molar-refractivity contribution in [2.45, 2.75) is 41.0 Å². The number of allylic oxidation sites excluding steroid dienone is 9. The van der Waals surface area contributed by atoms with Gasteiger partial charge in [-0.05, 0) is 79.7 Å². The lowest BCUT2D eigenvalue weighted by Crippen LogP contribution is -2.09. The van der Waals surface area contributed by atoms with Gasteiger partial charge >= 0.3 is 5.97 Å². The highest BCUT2D eigenvalue weighted by atomic mass is 19.1. The van der Waals surface area contributed by atoms with Gasteiger partial charge in [-0.1, -0.05) is 68.1 Å². The van der Waals surface area contributed by atoms with Crippen LogP contribution < -0.4 is 0 Å². The van der Waals surface area contributed by atoms with Gasteiger partial charge in [-0.3, -0.25) is 0 Å². The van der Waals surface area contributed by atoms with E-state index in [1.165, 1.54) is 6.08 Å². The van der Waals surface area contributed by atoms with E-state index < -0.39 is 11.8 Å². The molecule has 1 aromatic rings. The molecule has 0 unspecified atom stereocenters. The van der Waals surface area contributed by atoms with Gasteiger partial charge in [0.05, 0.1) is 5.57 Å². The first-order chi connectivity index (χ1) is 14.0. The zero-order chi connectivity index (χ0) is 23.0. The van der Waals surface area contributed by atoms with Crippen molar-refractivity contribution in [1.29, 1.82) is 0 Å². The van der Waals surface area contributed by atoms with Gasteiger partial charge < -0.3 is 5.11 Å². The summed E-state index contributed by atoms with van der Waals surface area (Å²) in [6, 6.07) is 8.06. The zero-order valence-electron chi connectivity index (χ0n) is 18.6. The number of carboxylic acids is 1. The van der Waals surface area contributed by atoms with E-state index in [4.69, 9.17) is 0 Å². The van der Waals surface area contributed by atoms with Crippen molar-refractivity contribution < 1.29 is 14.3 Å². The number of benzene rings is 1. The highest BCUT2D eigenvalue weighted by Crippen LogP contribution is 2.32. The molecule has 0 heterocycles.